The minimum atomic E-state index is -2.88. The van der Waals surface area contributed by atoms with Crippen molar-refractivity contribution in [2.75, 3.05) is 62.2 Å². The van der Waals surface area contributed by atoms with Crippen LogP contribution in [0.1, 0.15) is 54.7 Å². The SMILES string of the molecule is CCOC(=O)c1cnn(C2CCCN(c3cc(Cl)ccc3-c3ccc(N4CCN(CCC(F)F)CC4)cc3)C2)c1C(F)F. The van der Waals surface area contributed by atoms with Crippen molar-refractivity contribution in [3.8, 4) is 11.1 Å². The van der Waals surface area contributed by atoms with Crippen LogP contribution in [0.2, 0.25) is 5.02 Å². The van der Waals surface area contributed by atoms with Gasteiger partial charge in [-0.25, -0.2) is 22.4 Å². The molecule has 232 valence electrons. The van der Waals surface area contributed by atoms with Gasteiger partial charge >= 0.3 is 5.97 Å². The lowest BCUT2D eigenvalue weighted by atomic mass is 9.99. The molecule has 0 radical (unpaired) electrons. The molecule has 2 saturated heterocycles. The van der Waals surface area contributed by atoms with Crippen LogP contribution in [0.3, 0.4) is 0 Å². The number of ether oxygens (including phenoxy) is 1. The summed E-state index contributed by atoms with van der Waals surface area (Å²) in [6.07, 6.45) is -2.69. The molecule has 0 spiro atoms. The van der Waals surface area contributed by atoms with Gasteiger partial charge in [0.1, 0.15) is 11.3 Å². The third-order valence-corrected chi connectivity index (χ3v) is 8.39. The number of piperidine rings is 1. The molecule has 3 aromatic rings. The molecule has 5 rings (SSSR count). The van der Waals surface area contributed by atoms with E-state index in [2.05, 4.69) is 44.1 Å². The molecule has 0 bridgehead atoms. The van der Waals surface area contributed by atoms with Crippen molar-refractivity contribution in [3.05, 3.63) is 64.9 Å². The first kappa shape index (κ1) is 31.1. The van der Waals surface area contributed by atoms with E-state index in [-0.39, 0.29) is 24.6 Å². The van der Waals surface area contributed by atoms with Gasteiger partial charge in [0.05, 0.1) is 18.8 Å². The first-order valence-corrected chi connectivity index (χ1v) is 15.1. The third kappa shape index (κ3) is 7.26. The number of hydrogen-bond donors (Lipinski definition) is 0. The Morgan fingerprint density at radius 1 is 1.02 bits per heavy atom. The summed E-state index contributed by atoms with van der Waals surface area (Å²) < 4.78 is 59.7. The number of hydrogen-bond acceptors (Lipinski definition) is 6. The van der Waals surface area contributed by atoms with Crippen LogP contribution in [0.15, 0.2) is 48.7 Å². The van der Waals surface area contributed by atoms with Crippen LogP contribution in [0, 0.1) is 0 Å². The zero-order valence-corrected chi connectivity index (χ0v) is 24.8. The number of piperazine rings is 1. The Kier molecular flexibility index (Phi) is 10.1. The average Bonchev–Trinajstić information content (AvgIpc) is 3.47. The lowest BCUT2D eigenvalue weighted by Gasteiger charge is -2.37. The van der Waals surface area contributed by atoms with Crippen molar-refractivity contribution >= 4 is 28.9 Å². The number of benzene rings is 2. The highest BCUT2D eigenvalue weighted by Crippen LogP contribution is 2.38. The van der Waals surface area contributed by atoms with Crippen LogP contribution in [0.25, 0.3) is 11.1 Å². The van der Waals surface area contributed by atoms with Crippen molar-refractivity contribution in [2.45, 2.75) is 45.1 Å². The van der Waals surface area contributed by atoms with Gasteiger partial charge in [0.15, 0.2) is 0 Å². The molecule has 0 saturated carbocycles. The number of anilines is 2. The molecule has 2 aromatic carbocycles. The monoisotopic (exact) mass is 621 g/mol. The molecule has 1 atom stereocenters. The summed E-state index contributed by atoms with van der Waals surface area (Å²) in [6.45, 7) is 6.31. The van der Waals surface area contributed by atoms with Gasteiger partial charge in [-0.2, -0.15) is 5.10 Å². The molecule has 2 fully saturated rings. The number of aromatic nitrogens is 2. The fourth-order valence-electron chi connectivity index (χ4n) is 5.99. The number of carbonyl (C=O) groups is 1. The van der Waals surface area contributed by atoms with Crippen molar-refractivity contribution in [1.82, 2.24) is 14.7 Å². The van der Waals surface area contributed by atoms with E-state index in [1.807, 2.05) is 18.2 Å². The maximum Gasteiger partial charge on any atom is 0.341 e. The van der Waals surface area contributed by atoms with Gasteiger partial charge in [0.2, 0.25) is 6.43 Å². The van der Waals surface area contributed by atoms with Crippen LogP contribution in [0.5, 0.6) is 0 Å². The van der Waals surface area contributed by atoms with Crippen LogP contribution in [-0.2, 0) is 4.74 Å². The van der Waals surface area contributed by atoms with E-state index in [9.17, 15) is 22.4 Å². The Morgan fingerprint density at radius 2 is 1.77 bits per heavy atom. The number of rotatable bonds is 10. The third-order valence-electron chi connectivity index (χ3n) is 8.16. The Hall–Kier alpha value is -3.31. The molecular formula is C31H36ClF4N5O2. The zero-order valence-electron chi connectivity index (χ0n) is 24.1. The average molecular weight is 622 g/mol. The Bertz CT molecular complexity index is 1380. The molecular weight excluding hydrogens is 586 g/mol. The summed E-state index contributed by atoms with van der Waals surface area (Å²) in [4.78, 5) is 18.8. The number of esters is 1. The number of halogens is 5. The van der Waals surface area contributed by atoms with E-state index in [1.54, 1.807) is 6.92 Å². The quantitative estimate of drug-likeness (QED) is 0.181. The highest BCUT2D eigenvalue weighted by molar-refractivity contribution is 6.31. The molecule has 12 heteroatoms. The largest absolute Gasteiger partial charge is 0.462 e. The molecule has 0 N–H and O–H groups in total. The van der Waals surface area contributed by atoms with E-state index < -0.39 is 24.5 Å². The standard InChI is InChI=1S/C31H36ClF4N5O2/c1-2-43-31(42)26-19-37-41(29(26)30(35)36)24-4-3-12-40(20-24)27-18-22(32)7-10-25(27)21-5-8-23(9-6-21)39-16-14-38(15-17-39)13-11-28(33)34/h5-10,18-19,24,28,30H,2-4,11-17,20H2,1H3. The van der Waals surface area contributed by atoms with Crippen molar-refractivity contribution < 1.29 is 27.1 Å². The number of nitrogens with zero attached hydrogens (tertiary/aromatic N) is 5. The van der Waals surface area contributed by atoms with E-state index >= 15 is 0 Å². The van der Waals surface area contributed by atoms with Crippen LogP contribution < -0.4 is 9.80 Å². The lowest BCUT2D eigenvalue weighted by molar-refractivity contribution is 0.0512. The summed E-state index contributed by atoms with van der Waals surface area (Å²) in [5.41, 5.74) is 3.31. The summed E-state index contributed by atoms with van der Waals surface area (Å²) in [5.74, 6) is -0.800. The second kappa shape index (κ2) is 14.0. The second-order valence-electron chi connectivity index (χ2n) is 10.9. The van der Waals surface area contributed by atoms with Crippen LogP contribution in [0.4, 0.5) is 28.9 Å². The highest BCUT2D eigenvalue weighted by atomic mass is 35.5. The van der Waals surface area contributed by atoms with E-state index in [0.717, 1.165) is 55.1 Å². The molecule has 1 aromatic heterocycles. The topological polar surface area (TPSA) is 53.8 Å². The zero-order chi connectivity index (χ0) is 30.5. The maximum absolute atomic E-state index is 14.2. The normalized spacial score (nSPS) is 18.1. The molecule has 2 aliphatic heterocycles. The lowest BCUT2D eigenvalue weighted by Crippen LogP contribution is -2.46. The molecule has 1 unspecified atom stereocenters. The van der Waals surface area contributed by atoms with Crippen LogP contribution >= 0.6 is 11.6 Å². The van der Waals surface area contributed by atoms with E-state index in [4.69, 9.17) is 16.3 Å². The second-order valence-corrected chi connectivity index (χ2v) is 11.3. The van der Waals surface area contributed by atoms with Gasteiger partial charge in [0, 0.05) is 74.2 Å². The Morgan fingerprint density at radius 3 is 2.44 bits per heavy atom. The molecule has 0 aliphatic carbocycles. The summed E-state index contributed by atoms with van der Waals surface area (Å²) in [5, 5.41) is 4.78. The predicted octanol–water partition coefficient (Wildman–Crippen LogP) is 6.94. The number of carbonyl (C=O) groups excluding carboxylic acids is 1. The minimum absolute atomic E-state index is 0.0859. The Balaban J connectivity index is 1.33. The van der Waals surface area contributed by atoms with Crippen LogP contribution in [-0.4, -0.2) is 79.5 Å². The Labute approximate surface area is 254 Å². The summed E-state index contributed by atoms with van der Waals surface area (Å²) in [7, 11) is 0. The van der Waals surface area contributed by atoms with E-state index in [0.29, 0.717) is 31.1 Å². The maximum atomic E-state index is 14.2. The van der Waals surface area contributed by atoms with Crippen molar-refractivity contribution in [2.24, 2.45) is 0 Å². The highest BCUT2D eigenvalue weighted by Gasteiger charge is 2.32. The number of alkyl halides is 4. The first-order chi connectivity index (χ1) is 20.7. The molecule has 43 heavy (non-hydrogen) atoms. The summed E-state index contributed by atoms with van der Waals surface area (Å²) in [6, 6.07) is 13.6. The molecule has 0 amide bonds. The van der Waals surface area contributed by atoms with Gasteiger partial charge in [0.25, 0.3) is 6.43 Å². The molecule has 7 nitrogen and oxygen atoms in total. The predicted molar refractivity (Wildman–Crippen MR) is 160 cm³/mol. The summed E-state index contributed by atoms with van der Waals surface area (Å²) >= 11 is 6.44. The minimum Gasteiger partial charge on any atom is -0.462 e. The molecule has 3 heterocycles. The molecule has 2 aliphatic rings. The van der Waals surface area contributed by atoms with Gasteiger partial charge in [-0.05, 0) is 49.6 Å². The van der Waals surface area contributed by atoms with Gasteiger partial charge in [-0.15, -0.1) is 0 Å². The van der Waals surface area contributed by atoms with Gasteiger partial charge < -0.3 is 14.5 Å². The van der Waals surface area contributed by atoms with Crippen molar-refractivity contribution in [1.29, 1.82) is 0 Å². The van der Waals surface area contributed by atoms with Gasteiger partial charge in [-0.1, -0.05) is 29.8 Å². The van der Waals surface area contributed by atoms with Gasteiger partial charge in [-0.3, -0.25) is 9.58 Å². The smallest absolute Gasteiger partial charge is 0.341 e. The van der Waals surface area contributed by atoms with Crippen molar-refractivity contribution in [3.63, 3.8) is 0 Å². The van der Waals surface area contributed by atoms with E-state index in [1.165, 1.54) is 10.9 Å². The fourth-order valence-corrected chi connectivity index (χ4v) is 6.16. The first-order valence-electron chi connectivity index (χ1n) is 14.7. The fraction of sp³-hybridized carbons (Fsp3) is 0.484.